The first-order chi connectivity index (χ1) is 13.4. The van der Waals surface area contributed by atoms with Crippen LogP contribution in [-0.2, 0) is 25.6 Å². The highest BCUT2D eigenvalue weighted by Gasteiger charge is 2.23. The topological polar surface area (TPSA) is 112 Å². The number of amides is 1. The predicted molar refractivity (Wildman–Crippen MR) is 99.3 cm³/mol. The molecule has 1 aromatic heterocycles. The van der Waals surface area contributed by atoms with Gasteiger partial charge < -0.3 is 14.8 Å². The molecule has 0 saturated heterocycles. The van der Waals surface area contributed by atoms with Crippen LogP contribution in [-0.4, -0.2) is 52.4 Å². The highest BCUT2D eigenvalue weighted by Crippen LogP contribution is 2.08. The first-order valence-corrected chi connectivity index (χ1v) is 8.84. The summed E-state index contributed by atoms with van der Waals surface area (Å²) in [4.78, 5) is 39.7. The molecule has 1 amide bonds. The number of rotatable bonds is 9. The van der Waals surface area contributed by atoms with E-state index in [1.54, 1.807) is 35.3 Å². The van der Waals surface area contributed by atoms with Crippen LogP contribution in [0.2, 0.25) is 0 Å². The normalized spacial score (nSPS) is 11.7. The van der Waals surface area contributed by atoms with Gasteiger partial charge in [-0.2, -0.15) is 5.10 Å². The van der Waals surface area contributed by atoms with Gasteiger partial charge in [-0.05, 0) is 30.0 Å². The van der Waals surface area contributed by atoms with Crippen LogP contribution >= 0.6 is 0 Å². The van der Waals surface area contributed by atoms with E-state index in [0.717, 1.165) is 5.56 Å². The van der Waals surface area contributed by atoms with E-state index >= 15 is 0 Å². The summed E-state index contributed by atoms with van der Waals surface area (Å²) in [5.41, 5.74) is 1.26. The Balaban J connectivity index is 1.84. The lowest BCUT2D eigenvalue weighted by Gasteiger charge is -2.18. The van der Waals surface area contributed by atoms with Crippen molar-refractivity contribution in [3.8, 4) is 0 Å². The lowest BCUT2D eigenvalue weighted by molar-refractivity contribution is -0.145. The monoisotopic (exact) mass is 388 g/mol. The van der Waals surface area contributed by atoms with E-state index in [-0.39, 0.29) is 5.92 Å². The molecule has 2 aromatic rings. The van der Waals surface area contributed by atoms with Crippen molar-refractivity contribution in [3.63, 3.8) is 0 Å². The van der Waals surface area contributed by atoms with Crippen LogP contribution in [0.5, 0.6) is 0 Å². The van der Waals surface area contributed by atoms with Crippen molar-refractivity contribution < 1.29 is 23.9 Å². The molecule has 0 unspecified atom stereocenters. The van der Waals surface area contributed by atoms with E-state index in [1.807, 2.05) is 13.8 Å². The number of methoxy groups -OCH3 is 1. The number of nitrogens with one attached hydrogen (secondary N) is 1. The summed E-state index contributed by atoms with van der Waals surface area (Å²) in [5.74, 6) is -1.53. The summed E-state index contributed by atoms with van der Waals surface area (Å²) < 4.78 is 11.4. The molecule has 1 N–H and O–H groups in total. The summed E-state index contributed by atoms with van der Waals surface area (Å²) in [6, 6.07) is 6.00. The molecule has 1 aromatic carbocycles. The summed E-state index contributed by atoms with van der Waals surface area (Å²) in [7, 11) is 1.26. The number of carbonyl (C=O) groups excluding carboxylic acids is 3. The zero-order valence-corrected chi connectivity index (χ0v) is 16.1. The van der Waals surface area contributed by atoms with Crippen molar-refractivity contribution in [1.29, 1.82) is 0 Å². The Kier molecular flexibility index (Phi) is 7.67. The maximum Gasteiger partial charge on any atom is 0.338 e. The summed E-state index contributed by atoms with van der Waals surface area (Å²) in [6.07, 6.45) is 3.48. The third-order valence-corrected chi connectivity index (χ3v) is 3.86. The molecule has 0 bridgehead atoms. The van der Waals surface area contributed by atoms with Gasteiger partial charge in [-0.1, -0.05) is 26.0 Å². The van der Waals surface area contributed by atoms with E-state index in [1.165, 1.54) is 13.4 Å². The van der Waals surface area contributed by atoms with Gasteiger partial charge in [0.1, 0.15) is 18.7 Å². The Morgan fingerprint density at radius 3 is 2.46 bits per heavy atom. The lowest BCUT2D eigenvalue weighted by atomic mass is 10.0. The smallest absolute Gasteiger partial charge is 0.338 e. The number of nitrogens with zero attached hydrogens (tertiary/aromatic N) is 3. The van der Waals surface area contributed by atoms with Gasteiger partial charge in [0.25, 0.3) is 5.91 Å². The standard InChI is InChI=1S/C19H24N4O5/c1-13(2)8-16(19(26)27-3)22-17(24)10-28-18(25)15-6-4-14(5-7-15)9-23-12-20-11-21-23/h4-7,11-13,16H,8-10H2,1-3H3,(H,22,24)/t16-/m1/s1. The van der Waals surface area contributed by atoms with Crippen molar-refractivity contribution in [2.45, 2.75) is 32.9 Å². The molecular weight excluding hydrogens is 364 g/mol. The Morgan fingerprint density at radius 2 is 1.89 bits per heavy atom. The molecule has 1 atom stereocenters. The molecule has 9 nitrogen and oxygen atoms in total. The van der Waals surface area contributed by atoms with Gasteiger partial charge in [-0.25, -0.2) is 19.3 Å². The zero-order chi connectivity index (χ0) is 20.5. The summed E-state index contributed by atoms with van der Waals surface area (Å²) >= 11 is 0. The van der Waals surface area contributed by atoms with Crippen molar-refractivity contribution in [3.05, 3.63) is 48.0 Å². The highest BCUT2D eigenvalue weighted by atomic mass is 16.5. The van der Waals surface area contributed by atoms with E-state index in [2.05, 4.69) is 20.1 Å². The quantitative estimate of drug-likeness (QED) is 0.642. The first-order valence-electron chi connectivity index (χ1n) is 8.84. The van der Waals surface area contributed by atoms with Crippen LogP contribution in [0, 0.1) is 5.92 Å². The second kappa shape index (κ2) is 10.2. The molecule has 0 saturated carbocycles. The van der Waals surface area contributed by atoms with Gasteiger partial charge in [0.15, 0.2) is 6.61 Å². The number of aromatic nitrogens is 3. The number of hydrogen-bond acceptors (Lipinski definition) is 7. The molecule has 0 aliphatic carbocycles. The van der Waals surface area contributed by atoms with Crippen molar-refractivity contribution >= 4 is 17.8 Å². The second-order valence-electron chi connectivity index (χ2n) is 6.64. The Morgan fingerprint density at radius 1 is 1.18 bits per heavy atom. The minimum Gasteiger partial charge on any atom is -0.467 e. The lowest BCUT2D eigenvalue weighted by Crippen LogP contribution is -2.44. The van der Waals surface area contributed by atoms with E-state index in [0.29, 0.717) is 18.5 Å². The van der Waals surface area contributed by atoms with Crippen LogP contribution < -0.4 is 5.32 Å². The van der Waals surface area contributed by atoms with Crippen LogP contribution in [0.1, 0.15) is 36.2 Å². The first kappa shape index (κ1) is 21.1. The fourth-order valence-electron chi connectivity index (χ4n) is 2.53. The average molecular weight is 388 g/mol. The molecule has 150 valence electrons. The van der Waals surface area contributed by atoms with Gasteiger partial charge >= 0.3 is 11.9 Å². The Labute approximate surface area is 163 Å². The molecule has 2 rings (SSSR count). The van der Waals surface area contributed by atoms with Gasteiger partial charge in [0.2, 0.25) is 0 Å². The van der Waals surface area contributed by atoms with Crippen molar-refractivity contribution in [2.75, 3.05) is 13.7 Å². The van der Waals surface area contributed by atoms with Crippen molar-refractivity contribution in [2.24, 2.45) is 5.92 Å². The molecule has 0 aliphatic heterocycles. The largest absolute Gasteiger partial charge is 0.467 e. The third-order valence-electron chi connectivity index (χ3n) is 3.86. The van der Waals surface area contributed by atoms with E-state index in [9.17, 15) is 14.4 Å². The summed E-state index contributed by atoms with van der Waals surface area (Å²) in [5, 5.41) is 6.55. The van der Waals surface area contributed by atoms with E-state index < -0.39 is 30.5 Å². The highest BCUT2D eigenvalue weighted by molar-refractivity contribution is 5.92. The number of hydrogen-bond donors (Lipinski definition) is 1. The molecule has 0 spiro atoms. The molecule has 0 radical (unpaired) electrons. The molecular formula is C19H24N4O5. The fourth-order valence-corrected chi connectivity index (χ4v) is 2.53. The van der Waals surface area contributed by atoms with Gasteiger partial charge in [0.05, 0.1) is 19.2 Å². The number of esters is 2. The van der Waals surface area contributed by atoms with Crippen LogP contribution in [0.25, 0.3) is 0 Å². The molecule has 0 aliphatic rings. The number of carbonyl (C=O) groups is 3. The number of ether oxygens (including phenoxy) is 2. The molecule has 0 fully saturated rings. The van der Waals surface area contributed by atoms with Gasteiger partial charge in [0, 0.05) is 0 Å². The Hall–Kier alpha value is -3.23. The second-order valence-corrected chi connectivity index (χ2v) is 6.64. The third kappa shape index (κ3) is 6.49. The van der Waals surface area contributed by atoms with Crippen LogP contribution in [0.4, 0.5) is 0 Å². The Bertz CT molecular complexity index is 787. The van der Waals surface area contributed by atoms with Crippen molar-refractivity contribution in [1.82, 2.24) is 20.1 Å². The SMILES string of the molecule is COC(=O)[C@@H](CC(C)C)NC(=O)COC(=O)c1ccc(Cn2cncn2)cc1. The minimum atomic E-state index is -0.771. The van der Waals surface area contributed by atoms with E-state index in [4.69, 9.17) is 4.74 Å². The maximum absolute atomic E-state index is 12.1. The summed E-state index contributed by atoms with van der Waals surface area (Å²) in [6.45, 7) is 3.90. The average Bonchev–Trinajstić information content (AvgIpc) is 3.18. The van der Waals surface area contributed by atoms with Gasteiger partial charge in [-0.3, -0.25) is 4.79 Å². The number of benzene rings is 1. The molecule has 28 heavy (non-hydrogen) atoms. The maximum atomic E-state index is 12.1. The fraction of sp³-hybridized carbons (Fsp3) is 0.421. The minimum absolute atomic E-state index is 0.183. The molecule has 9 heteroatoms. The zero-order valence-electron chi connectivity index (χ0n) is 16.1. The van der Waals surface area contributed by atoms with Gasteiger partial charge in [-0.15, -0.1) is 0 Å². The van der Waals surface area contributed by atoms with Crippen LogP contribution in [0.15, 0.2) is 36.9 Å². The molecule has 1 heterocycles. The predicted octanol–water partition coefficient (Wildman–Crippen LogP) is 1.19. The van der Waals surface area contributed by atoms with Crippen LogP contribution in [0.3, 0.4) is 0 Å².